The summed E-state index contributed by atoms with van der Waals surface area (Å²) in [6, 6.07) is 7.94. The minimum atomic E-state index is 0.0876. The van der Waals surface area contributed by atoms with Crippen LogP contribution in [0.5, 0.6) is 0 Å². The molecule has 126 valence electrons. The molecule has 1 aromatic carbocycles. The third-order valence-electron chi connectivity index (χ3n) is 4.90. The van der Waals surface area contributed by atoms with Gasteiger partial charge in [0, 0.05) is 44.3 Å². The van der Waals surface area contributed by atoms with Crippen LogP contribution in [0, 0.1) is 5.92 Å². The Balaban J connectivity index is 1.62. The monoisotopic (exact) mass is 336 g/mol. The molecule has 1 unspecified atom stereocenters. The van der Waals surface area contributed by atoms with Crippen molar-refractivity contribution < 1.29 is 9.53 Å². The van der Waals surface area contributed by atoms with Gasteiger partial charge in [0.05, 0.1) is 6.04 Å². The third-order valence-corrected chi connectivity index (χ3v) is 5.14. The number of amides is 1. The fraction of sp³-hybridized carbons (Fsp3) is 0.611. The fourth-order valence-corrected chi connectivity index (χ4v) is 3.72. The minimum Gasteiger partial charge on any atom is -0.381 e. The quantitative estimate of drug-likeness (QED) is 0.919. The second kappa shape index (κ2) is 8.13. The first-order chi connectivity index (χ1) is 11.2. The second-order valence-electron chi connectivity index (χ2n) is 6.46. The number of piperazine rings is 1. The van der Waals surface area contributed by atoms with E-state index in [1.807, 2.05) is 23.1 Å². The summed E-state index contributed by atoms with van der Waals surface area (Å²) in [4.78, 5) is 14.8. The summed E-state index contributed by atoms with van der Waals surface area (Å²) in [5.74, 6) is 0.906. The van der Waals surface area contributed by atoms with Crippen molar-refractivity contribution in [1.82, 2.24) is 10.2 Å². The highest BCUT2D eigenvalue weighted by molar-refractivity contribution is 6.30. The second-order valence-corrected chi connectivity index (χ2v) is 6.89. The molecule has 0 radical (unpaired) electrons. The van der Waals surface area contributed by atoms with E-state index in [0.717, 1.165) is 62.7 Å². The fourth-order valence-electron chi connectivity index (χ4n) is 3.52. The van der Waals surface area contributed by atoms with Crippen LogP contribution >= 0.6 is 11.6 Å². The molecule has 4 nitrogen and oxygen atoms in total. The van der Waals surface area contributed by atoms with Gasteiger partial charge < -0.3 is 15.0 Å². The van der Waals surface area contributed by atoms with Gasteiger partial charge in [0.25, 0.3) is 0 Å². The molecule has 23 heavy (non-hydrogen) atoms. The Morgan fingerprint density at radius 3 is 2.96 bits per heavy atom. The van der Waals surface area contributed by atoms with Crippen LogP contribution in [0.4, 0.5) is 0 Å². The first kappa shape index (κ1) is 16.7. The molecule has 2 aliphatic heterocycles. The summed E-state index contributed by atoms with van der Waals surface area (Å²) >= 11 is 6.12. The molecule has 3 rings (SSSR count). The van der Waals surface area contributed by atoms with Crippen molar-refractivity contribution in [2.75, 3.05) is 32.8 Å². The molecule has 5 heteroatoms. The number of benzene rings is 1. The number of nitrogens with one attached hydrogen (secondary N) is 1. The zero-order chi connectivity index (χ0) is 16.1. The lowest BCUT2D eigenvalue weighted by Crippen LogP contribution is -2.48. The lowest BCUT2D eigenvalue weighted by Gasteiger charge is -2.37. The number of halogens is 1. The lowest BCUT2D eigenvalue weighted by atomic mass is 9.94. The zero-order valence-electron chi connectivity index (χ0n) is 13.5. The number of ether oxygens (including phenoxy) is 1. The van der Waals surface area contributed by atoms with E-state index in [-0.39, 0.29) is 11.9 Å². The van der Waals surface area contributed by atoms with Crippen LogP contribution in [0.25, 0.3) is 0 Å². The zero-order valence-corrected chi connectivity index (χ0v) is 14.2. The van der Waals surface area contributed by atoms with Crippen molar-refractivity contribution in [2.45, 2.75) is 31.7 Å². The Bertz CT molecular complexity index is 532. The number of hydrogen-bond donors (Lipinski definition) is 1. The van der Waals surface area contributed by atoms with E-state index >= 15 is 0 Å². The Labute approximate surface area is 143 Å². The van der Waals surface area contributed by atoms with E-state index in [0.29, 0.717) is 12.3 Å². The van der Waals surface area contributed by atoms with Crippen LogP contribution < -0.4 is 5.32 Å². The molecule has 0 spiro atoms. The van der Waals surface area contributed by atoms with Gasteiger partial charge in [-0.1, -0.05) is 23.7 Å². The van der Waals surface area contributed by atoms with Crippen LogP contribution in [0.2, 0.25) is 5.02 Å². The van der Waals surface area contributed by atoms with Gasteiger partial charge >= 0.3 is 0 Å². The van der Waals surface area contributed by atoms with Crippen molar-refractivity contribution in [3.05, 3.63) is 34.9 Å². The molecule has 2 fully saturated rings. The molecular weight excluding hydrogens is 312 g/mol. The van der Waals surface area contributed by atoms with Crippen molar-refractivity contribution >= 4 is 17.5 Å². The molecule has 1 amide bonds. The molecule has 2 heterocycles. The van der Waals surface area contributed by atoms with Gasteiger partial charge in [0.15, 0.2) is 0 Å². The number of nitrogens with zero attached hydrogens (tertiary/aromatic N) is 1. The van der Waals surface area contributed by atoms with Crippen molar-refractivity contribution in [3.8, 4) is 0 Å². The predicted molar refractivity (Wildman–Crippen MR) is 91.6 cm³/mol. The molecule has 1 aromatic rings. The van der Waals surface area contributed by atoms with Crippen molar-refractivity contribution in [2.24, 2.45) is 5.92 Å². The summed E-state index contributed by atoms with van der Waals surface area (Å²) in [6.45, 7) is 4.11. The summed E-state index contributed by atoms with van der Waals surface area (Å²) in [6.07, 6.45) is 3.80. The summed E-state index contributed by atoms with van der Waals surface area (Å²) in [7, 11) is 0. The average Bonchev–Trinajstić information content (AvgIpc) is 2.60. The molecule has 1 N–H and O–H groups in total. The maximum atomic E-state index is 12.7. The van der Waals surface area contributed by atoms with E-state index in [1.54, 1.807) is 0 Å². The van der Waals surface area contributed by atoms with Crippen molar-refractivity contribution in [3.63, 3.8) is 0 Å². The Kier molecular flexibility index (Phi) is 5.92. The Hall–Kier alpha value is -1.10. The summed E-state index contributed by atoms with van der Waals surface area (Å²) in [5, 5.41) is 4.11. The largest absolute Gasteiger partial charge is 0.381 e. The SMILES string of the molecule is O=C(CCC1CCOCC1)N1CCNCC1c1cccc(Cl)c1. The predicted octanol–water partition coefficient (Wildman–Crippen LogP) is 3.02. The minimum absolute atomic E-state index is 0.0876. The van der Waals surface area contributed by atoms with Gasteiger partial charge in [-0.3, -0.25) is 4.79 Å². The van der Waals surface area contributed by atoms with E-state index < -0.39 is 0 Å². The van der Waals surface area contributed by atoms with Crippen LogP contribution in [0.3, 0.4) is 0 Å². The number of carbonyl (C=O) groups excluding carboxylic acids is 1. The summed E-state index contributed by atoms with van der Waals surface area (Å²) < 4.78 is 5.39. The van der Waals surface area contributed by atoms with Crippen LogP contribution in [-0.4, -0.2) is 43.7 Å². The first-order valence-electron chi connectivity index (χ1n) is 8.57. The summed E-state index contributed by atoms with van der Waals surface area (Å²) in [5.41, 5.74) is 1.11. The smallest absolute Gasteiger partial charge is 0.223 e. The average molecular weight is 337 g/mol. The topological polar surface area (TPSA) is 41.6 Å². The van der Waals surface area contributed by atoms with Crippen LogP contribution in [0.15, 0.2) is 24.3 Å². The van der Waals surface area contributed by atoms with E-state index in [4.69, 9.17) is 16.3 Å². The van der Waals surface area contributed by atoms with Gasteiger partial charge in [0.2, 0.25) is 5.91 Å². The highest BCUT2D eigenvalue weighted by Gasteiger charge is 2.28. The molecule has 1 atom stereocenters. The van der Waals surface area contributed by atoms with Gasteiger partial charge in [0.1, 0.15) is 0 Å². The molecule has 0 aliphatic carbocycles. The van der Waals surface area contributed by atoms with Crippen LogP contribution in [0.1, 0.15) is 37.3 Å². The van der Waals surface area contributed by atoms with Gasteiger partial charge in [-0.25, -0.2) is 0 Å². The Morgan fingerprint density at radius 2 is 2.17 bits per heavy atom. The van der Waals surface area contributed by atoms with E-state index in [9.17, 15) is 4.79 Å². The Morgan fingerprint density at radius 1 is 1.35 bits per heavy atom. The first-order valence-corrected chi connectivity index (χ1v) is 8.95. The highest BCUT2D eigenvalue weighted by atomic mass is 35.5. The molecular formula is C18H25ClN2O2. The molecule has 2 aliphatic rings. The lowest BCUT2D eigenvalue weighted by molar-refractivity contribution is -0.135. The molecule has 0 saturated carbocycles. The number of hydrogen-bond acceptors (Lipinski definition) is 3. The highest BCUT2D eigenvalue weighted by Crippen LogP contribution is 2.27. The van der Waals surface area contributed by atoms with Gasteiger partial charge in [-0.15, -0.1) is 0 Å². The normalized spacial score (nSPS) is 23.0. The molecule has 0 bridgehead atoms. The van der Waals surface area contributed by atoms with Crippen LogP contribution in [-0.2, 0) is 9.53 Å². The van der Waals surface area contributed by atoms with Gasteiger partial charge in [-0.05, 0) is 42.9 Å². The van der Waals surface area contributed by atoms with Crippen molar-refractivity contribution in [1.29, 1.82) is 0 Å². The third kappa shape index (κ3) is 4.46. The standard InChI is InChI=1S/C18H25ClN2O2/c19-16-3-1-2-15(12-16)17-13-20-8-9-21(17)18(22)5-4-14-6-10-23-11-7-14/h1-3,12,14,17,20H,4-11,13H2. The molecule has 0 aromatic heterocycles. The maximum absolute atomic E-state index is 12.7. The molecule has 2 saturated heterocycles. The van der Waals surface area contributed by atoms with E-state index in [1.165, 1.54) is 0 Å². The number of rotatable bonds is 4. The number of carbonyl (C=O) groups is 1. The van der Waals surface area contributed by atoms with E-state index in [2.05, 4.69) is 11.4 Å². The van der Waals surface area contributed by atoms with Gasteiger partial charge in [-0.2, -0.15) is 0 Å². The maximum Gasteiger partial charge on any atom is 0.223 e.